The molecule has 0 bridgehead atoms. The molecular weight excluding hydrogens is 364 g/mol. The van der Waals surface area contributed by atoms with E-state index >= 15 is 0 Å². The van der Waals surface area contributed by atoms with Crippen LogP contribution in [-0.2, 0) is 19.8 Å². The van der Waals surface area contributed by atoms with Gasteiger partial charge in [-0.05, 0) is 65.8 Å². The third-order valence-corrected chi connectivity index (χ3v) is 5.28. The molecule has 0 aromatic heterocycles. The minimum atomic E-state index is -0.749. The molecular formula is C25H32O4. The van der Waals surface area contributed by atoms with Gasteiger partial charge >= 0.3 is 0 Å². The first kappa shape index (κ1) is 22.9. The van der Waals surface area contributed by atoms with Gasteiger partial charge in [0, 0.05) is 0 Å². The number of aliphatic hydroxyl groups excluding tert-OH is 2. The van der Waals surface area contributed by atoms with E-state index < -0.39 is 5.60 Å². The Balaban J connectivity index is 2.07. The van der Waals surface area contributed by atoms with Gasteiger partial charge in [0.05, 0.1) is 18.8 Å². The summed E-state index contributed by atoms with van der Waals surface area (Å²) < 4.78 is 5.92. The monoisotopic (exact) mass is 396 g/mol. The van der Waals surface area contributed by atoms with Crippen LogP contribution in [0.5, 0.6) is 5.75 Å². The molecule has 3 N–H and O–H groups in total. The minimum absolute atomic E-state index is 0.0902. The Hall–Kier alpha value is -2.40. The number of hydrogen-bond acceptors (Lipinski definition) is 4. The van der Waals surface area contributed by atoms with E-state index in [1.807, 2.05) is 81.5 Å². The summed E-state index contributed by atoms with van der Waals surface area (Å²) in [6.07, 6.45) is 7.14. The Morgan fingerprint density at radius 1 is 1.00 bits per heavy atom. The van der Waals surface area contributed by atoms with Gasteiger partial charge in [0.2, 0.25) is 0 Å². The Morgan fingerprint density at radius 3 is 2.38 bits per heavy atom. The van der Waals surface area contributed by atoms with Crippen molar-refractivity contribution in [1.29, 1.82) is 0 Å². The molecule has 0 amide bonds. The fraction of sp³-hybridized carbons (Fsp3) is 0.360. The zero-order valence-electron chi connectivity index (χ0n) is 17.6. The molecule has 0 aliphatic rings. The number of aliphatic hydroxyl groups is 3. The van der Waals surface area contributed by atoms with Gasteiger partial charge < -0.3 is 20.1 Å². The van der Waals surface area contributed by atoms with Crippen LogP contribution < -0.4 is 4.74 Å². The van der Waals surface area contributed by atoms with Gasteiger partial charge in [-0.15, -0.1) is 0 Å². The molecule has 0 aliphatic carbocycles. The molecule has 0 fully saturated rings. The van der Waals surface area contributed by atoms with E-state index in [1.165, 1.54) is 0 Å². The van der Waals surface area contributed by atoms with Gasteiger partial charge in [-0.3, -0.25) is 0 Å². The summed E-state index contributed by atoms with van der Waals surface area (Å²) in [4.78, 5) is 0. The summed E-state index contributed by atoms with van der Waals surface area (Å²) in [6, 6.07) is 13.4. The van der Waals surface area contributed by atoms with E-state index in [0.717, 1.165) is 28.0 Å². The van der Waals surface area contributed by atoms with Crippen molar-refractivity contribution in [3.8, 4) is 5.75 Å². The summed E-state index contributed by atoms with van der Waals surface area (Å²) >= 11 is 0. The number of rotatable bonds is 10. The van der Waals surface area contributed by atoms with Crippen molar-refractivity contribution in [1.82, 2.24) is 0 Å². The lowest BCUT2D eigenvalue weighted by Crippen LogP contribution is -2.22. The van der Waals surface area contributed by atoms with Crippen molar-refractivity contribution in [2.45, 2.75) is 59.0 Å². The number of ether oxygens (including phenoxy) is 1. The first-order chi connectivity index (χ1) is 13.9. The quantitative estimate of drug-likeness (QED) is 0.507. The lowest BCUT2D eigenvalue weighted by molar-refractivity contribution is 0.0828. The summed E-state index contributed by atoms with van der Waals surface area (Å²) in [5.41, 5.74) is 3.76. The highest BCUT2D eigenvalue weighted by atomic mass is 16.5. The molecule has 2 rings (SSSR count). The maximum absolute atomic E-state index is 10.3. The lowest BCUT2D eigenvalue weighted by Gasteiger charge is -2.19. The molecule has 156 valence electrons. The highest BCUT2D eigenvalue weighted by Crippen LogP contribution is 2.22. The molecule has 0 heterocycles. The molecule has 4 nitrogen and oxygen atoms in total. The second-order valence-electron chi connectivity index (χ2n) is 7.26. The second-order valence-corrected chi connectivity index (χ2v) is 7.26. The van der Waals surface area contributed by atoms with Crippen LogP contribution in [0.1, 0.15) is 55.9 Å². The first-order valence-corrected chi connectivity index (χ1v) is 10.1. The van der Waals surface area contributed by atoms with Crippen LogP contribution in [-0.4, -0.2) is 20.9 Å². The standard InChI is InChI=1S/C25H32O4/c1-4-25(28,5-2)13-7-8-19(3)21-9-6-10-24(15-21)29-18-20-11-12-22(16-26)23(14-20)17-27/h6-15,26-28H,4-5,16-18H2,1-3H3. The highest BCUT2D eigenvalue weighted by molar-refractivity contribution is 5.66. The minimum Gasteiger partial charge on any atom is -0.489 e. The van der Waals surface area contributed by atoms with Gasteiger partial charge in [-0.2, -0.15) is 0 Å². The molecule has 0 spiro atoms. The third kappa shape index (κ3) is 6.57. The molecule has 2 aromatic carbocycles. The van der Waals surface area contributed by atoms with E-state index in [0.29, 0.717) is 25.0 Å². The molecule has 0 unspecified atom stereocenters. The van der Waals surface area contributed by atoms with Gasteiger partial charge in [0.1, 0.15) is 12.4 Å². The van der Waals surface area contributed by atoms with E-state index in [-0.39, 0.29) is 13.2 Å². The smallest absolute Gasteiger partial charge is 0.120 e. The lowest BCUT2D eigenvalue weighted by atomic mass is 9.96. The van der Waals surface area contributed by atoms with E-state index in [9.17, 15) is 15.3 Å². The molecule has 0 radical (unpaired) electrons. The van der Waals surface area contributed by atoms with Gasteiger partial charge in [0.25, 0.3) is 0 Å². The van der Waals surface area contributed by atoms with Crippen LogP contribution in [0.15, 0.2) is 60.7 Å². The van der Waals surface area contributed by atoms with E-state index in [1.54, 1.807) is 0 Å². The zero-order chi connectivity index (χ0) is 21.3. The van der Waals surface area contributed by atoms with Crippen LogP contribution in [0, 0.1) is 0 Å². The first-order valence-electron chi connectivity index (χ1n) is 10.1. The van der Waals surface area contributed by atoms with Gasteiger partial charge in [0.15, 0.2) is 0 Å². The SMILES string of the molecule is CCC(O)(C=CC=C(C)c1cccc(OCc2ccc(CO)c(CO)c2)c1)CC. The fourth-order valence-electron chi connectivity index (χ4n) is 3.02. The van der Waals surface area contributed by atoms with Crippen molar-refractivity contribution in [2.75, 3.05) is 0 Å². The summed E-state index contributed by atoms with van der Waals surface area (Å²) in [6.45, 7) is 6.17. The Bertz CT molecular complexity index is 848. The highest BCUT2D eigenvalue weighted by Gasteiger charge is 2.16. The maximum atomic E-state index is 10.3. The maximum Gasteiger partial charge on any atom is 0.120 e. The molecule has 4 heteroatoms. The largest absolute Gasteiger partial charge is 0.489 e. The van der Waals surface area contributed by atoms with Crippen LogP contribution in [0.3, 0.4) is 0 Å². The van der Waals surface area contributed by atoms with E-state index in [4.69, 9.17) is 4.74 Å². The Kier molecular flexibility index (Phi) is 8.65. The Morgan fingerprint density at radius 2 is 1.72 bits per heavy atom. The van der Waals surface area contributed by atoms with Crippen molar-refractivity contribution in [3.05, 3.63) is 82.9 Å². The number of benzene rings is 2. The number of hydrogen-bond donors (Lipinski definition) is 3. The zero-order valence-corrected chi connectivity index (χ0v) is 17.6. The van der Waals surface area contributed by atoms with Crippen LogP contribution in [0.25, 0.3) is 5.57 Å². The number of allylic oxidation sites excluding steroid dienone is 3. The molecule has 2 aromatic rings. The third-order valence-electron chi connectivity index (χ3n) is 5.28. The van der Waals surface area contributed by atoms with Crippen molar-refractivity contribution >= 4 is 5.57 Å². The normalized spacial score (nSPS) is 12.6. The van der Waals surface area contributed by atoms with Gasteiger partial charge in [-0.1, -0.05) is 56.3 Å². The predicted molar refractivity (Wildman–Crippen MR) is 117 cm³/mol. The molecule has 29 heavy (non-hydrogen) atoms. The second kappa shape index (κ2) is 11.0. The summed E-state index contributed by atoms with van der Waals surface area (Å²) in [7, 11) is 0. The van der Waals surface area contributed by atoms with Crippen LogP contribution in [0.4, 0.5) is 0 Å². The Labute approximate surface area is 173 Å². The van der Waals surface area contributed by atoms with Crippen molar-refractivity contribution in [3.63, 3.8) is 0 Å². The molecule has 0 atom stereocenters. The van der Waals surface area contributed by atoms with Gasteiger partial charge in [-0.25, -0.2) is 0 Å². The summed E-state index contributed by atoms with van der Waals surface area (Å²) in [5.74, 6) is 0.759. The topological polar surface area (TPSA) is 69.9 Å². The molecule has 0 aliphatic heterocycles. The average Bonchev–Trinajstić information content (AvgIpc) is 2.77. The van der Waals surface area contributed by atoms with Crippen molar-refractivity contribution < 1.29 is 20.1 Å². The predicted octanol–water partition coefficient (Wildman–Crippen LogP) is 4.76. The van der Waals surface area contributed by atoms with Crippen LogP contribution >= 0.6 is 0 Å². The van der Waals surface area contributed by atoms with Crippen LogP contribution in [0.2, 0.25) is 0 Å². The average molecular weight is 397 g/mol. The van der Waals surface area contributed by atoms with Crippen molar-refractivity contribution in [2.24, 2.45) is 0 Å². The van der Waals surface area contributed by atoms with E-state index in [2.05, 4.69) is 0 Å². The molecule has 0 saturated carbocycles. The fourth-order valence-corrected chi connectivity index (χ4v) is 3.02. The summed E-state index contributed by atoms with van der Waals surface area (Å²) in [5, 5.41) is 29.1. The molecule has 0 saturated heterocycles.